The topological polar surface area (TPSA) is 110 Å². The number of aliphatic hydroxyl groups excluding tert-OH is 1. The van der Waals surface area contributed by atoms with Crippen LogP contribution in [-0.2, 0) is 9.84 Å². The number of carbonyl (C=O) groups is 1. The van der Waals surface area contributed by atoms with Gasteiger partial charge in [-0.1, -0.05) is 0 Å². The summed E-state index contributed by atoms with van der Waals surface area (Å²) < 4.78 is 96.3. The summed E-state index contributed by atoms with van der Waals surface area (Å²) in [4.78, 5) is 15.0. The second-order valence-corrected chi connectivity index (χ2v) is 9.08. The van der Waals surface area contributed by atoms with Gasteiger partial charge in [-0.2, -0.15) is 0 Å². The minimum absolute atomic E-state index is 0.0163. The number of aromatic nitrogens is 1. The molecule has 1 aromatic carbocycles. The highest BCUT2D eigenvalue weighted by molar-refractivity contribution is 7.91. The Hall–Kier alpha value is -2.60. The molecule has 3 N–H and O–H groups in total. The molecule has 1 aromatic heterocycles. The lowest BCUT2D eigenvalue weighted by molar-refractivity contribution is -0.0237. The Morgan fingerprint density at radius 3 is 2.35 bits per heavy atom. The van der Waals surface area contributed by atoms with Gasteiger partial charge in [0.15, 0.2) is 21.5 Å². The number of alkyl halides is 2. The number of halogens is 5. The van der Waals surface area contributed by atoms with E-state index in [0.29, 0.717) is 12.1 Å². The van der Waals surface area contributed by atoms with E-state index in [1.54, 1.807) is 0 Å². The molecule has 0 aliphatic carbocycles. The number of hydrogen-bond donors (Lipinski definition) is 2. The molecule has 1 amide bonds. The number of aryl methyl sites for hydroxylation is 1. The summed E-state index contributed by atoms with van der Waals surface area (Å²) in [5.74, 6) is -10.5. The predicted octanol–water partition coefficient (Wildman–Crippen LogP) is 2.82. The Morgan fingerprint density at radius 1 is 1.19 bits per heavy atom. The van der Waals surface area contributed by atoms with Gasteiger partial charge in [-0.05, 0) is 36.2 Å². The molecular formula is C19H19F5N2O4S. The van der Waals surface area contributed by atoms with E-state index in [1.165, 1.54) is 6.92 Å². The van der Waals surface area contributed by atoms with Gasteiger partial charge >= 0.3 is 0 Å². The third-order valence-corrected chi connectivity index (χ3v) is 6.60. The molecular weight excluding hydrogens is 447 g/mol. The van der Waals surface area contributed by atoms with Gasteiger partial charge < -0.3 is 10.8 Å². The van der Waals surface area contributed by atoms with Crippen molar-refractivity contribution in [2.24, 2.45) is 5.73 Å². The van der Waals surface area contributed by atoms with Crippen molar-refractivity contribution in [1.29, 1.82) is 0 Å². The number of carbonyl (C=O) groups excluding carboxylic acids is 1. The highest BCUT2D eigenvalue weighted by atomic mass is 32.2. The molecule has 0 aliphatic rings. The van der Waals surface area contributed by atoms with Gasteiger partial charge in [0.05, 0.1) is 5.75 Å². The van der Waals surface area contributed by atoms with E-state index in [0.717, 1.165) is 12.3 Å². The first-order valence-corrected chi connectivity index (χ1v) is 10.6. The normalized spacial score (nSPS) is 13.3. The molecule has 12 heteroatoms. The zero-order valence-corrected chi connectivity index (χ0v) is 17.0. The number of rotatable bonds is 9. The molecule has 0 saturated carbocycles. The Kier molecular flexibility index (Phi) is 7.37. The maximum Gasteiger partial charge on any atom is 0.267 e. The maximum absolute atomic E-state index is 14.5. The zero-order chi connectivity index (χ0) is 23.6. The number of nitrogens with zero attached hydrogens (tertiary/aromatic N) is 1. The van der Waals surface area contributed by atoms with E-state index < -0.39 is 75.1 Å². The minimum atomic E-state index is -4.76. The lowest BCUT2D eigenvalue weighted by atomic mass is 10.00. The van der Waals surface area contributed by atoms with Crippen LogP contribution in [-0.4, -0.2) is 42.7 Å². The molecule has 2 aromatic rings. The highest BCUT2D eigenvalue weighted by Gasteiger charge is 2.39. The second kappa shape index (κ2) is 9.27. The fourth-order valence-electron chi connectivity index (χ4n) is 2.99. The quantitative estimate of drug-likeness (QED) is 0.436. The smallest absolute Gasteiger partial charge is 0.267 e. The van der Waals surface area contributed by atoms with Gasteiger partial charge in [0.2, 0.25) is 0 Å². The van der Waals surface area contributed by atoms with Gasteiger partial charge in [0, 0.05) is 31.2 Å². The van der Waals surface area contributed by atoms with Gasteiger partial charge in [-0.25, -0.2) is 30.4 Å². The van der Waals surface area contributed by atoms with Crippen LogP contribution in [0.15, 0.2) is 24.4 Å². The molecule has 0 fully saturated rings. The second-order valence-electron chi connectivity index (χ2n) is 6.87. The van der Waals surface area contributed by atoms with Crippen molar-refractivity contribution in [2.45, 2.75) is 30.9 Å². The summed E-state index contributed by atoms with van der Waals surface area (Å²) in [5, 5.41) is 6.47. The van der Waals surface area contributed by atoms with E-state index in [1.807, 2.05) is 0 Å². The number of hydrogen-bond acceptors (Lipinski definition) is 5. The van der Waals surface area contributed by atoms with Crippen LogP contribution in [0.25, 0.3) is 0 Å². The lowest BCUT2D eigenvalue weighted by Gasteiger charge is -2.23. The molecule has 31 heavy (non-hydrogen) atoms. The van der Waals surface area contributed by atoms with E-state index in [9.17, 15) is 35.2 Å². The minimum Gasteiger partial charge on any atom is -0.396 e. The van der Waals surface area contributed by atoms with E-state index >= 15 is 0 Å². The van der Waals surface area contributed by atoms with Crippen molar-refractivity contribution < 1.29 is 40.3 Å². The van der Waals surface area contributed by atoms with E-state index in [2.05, 4.69) is 4.98 Å². The van der Waals surface area contributed by atoms with Crippen molar-refractivity contribution in [3.63, 3.8) is 0 Å². The molecule has 2 rings (SSSR count). The number of aliphatic hydroxyl groups is 1. The molecule has 1 heterocycles. The highest BCUT2D eigenvalue weighted by Crippen LogP contribution is 2.38. The van der Waals surface area contributed by atoms with Crippen LogP contribution in [0.1, 0.15) is 45.3 Å². The van der Waals surface area contributed by atoms with Gasteiger partial charge in [0.25, 0.3) is 11.8 Å². The molecule has 0 spiro atoms. The van der Waals surface area contributed by atoms with Gasteiger partial charge in [0.1, 0.15) is 16.8 Å². The molecule has 170 valence electrons. The monoisotopic (exact) mass is 466 g/mol. The first kappa shape index (κ1) is 24.7. The first-order valence-electron chi connectivity index (χ1n) is 8.90. The van der Waals surface area contributed by atoms with Crippen LogP contribution in [0, 0.1) is 24.4 Å². The predicted molar refractivity (Wildman–Crippen MR) is 101 cm³/mol. The maximum atomic E-state index is 14.5. The third kappa shape index (κ3) is 5.56. The molecule has 0 bridgehead atoms. The summed E-state index contributed by atoms with van der Waals surface area (Å²) in [6.45, 7) is 0.392. The first-order chi connectivity index (χ1) is 14.3. The van der Waals surface area contributed by atoms with Crippen molar-refractivity contribution >= 4 is 15.7 Å². The van der Waals surface area contributed by atoms with Gasteiger partial charge in [-0.3, -0.25) is 9.78 Å². The number of sulfone groups is 1. The van der Waals surface area contributed by atoms with Crippen molar-refractivity contribution in [3.8, 4) is 0 Å². The fourth-order valence-corrected chi connectivity index (χ4v) is 5.01. The lowest BCUT2D eigenvalue weighted by Crippen LogP contribution is -2.27. The summed E-state index contributed by atoms with van der Waals surface area (Å²) in [5.41, 5.74) is 3.32. The number of benzene rings is 1. The van der Waals surface area contributed by atoms with Crippen LogP contribution in [0.4, 0.5) is 22.0 Å². The number of primary amides is 1. The standard InChI is InChI=1S/C19H19F5N2O4S/c1-10-8-14(18(25)28)26-9-11(10)17(15-12(20)2-3-13(21)16(15)22)31(29,30)7-5-19(23,24)4-6-27/h2-3,8-9,17,27H,4-7H2,1H3,(H2,25,28). The summed E-state index contributed by atoms with van der Waals surface area (Å²) in [6.07, 6.45) is -1.42. The largest absolute Gasteiger partial charge is 0.396 e. The van der Waals surface area contributed by atoms with Crippen LogP contribution >= 0.6 is 0 Å². The zero-order valence-electron chi connectivity index (χ0n) is 16.2. The SMILES string of the molecule is Cc1cc(C(N)=O)ncc1C(c1c(F)ccc(F)c1F)S(=O)(=O)CCC(F)(F)CCO. The Morgan fingerprint density at radius 2 is 1.81 bits per heavy atom. The third-order valence-electron chi connectivity index (χ3n) is 4.62. The Bertz CT molecular complexity index is 1090. The van der Waals surface area contributed by atoms with E-state index in [-0.39, 0.29) is 16.8 Å². The van der Waals surface area contributed by atoms with Gasteiger partial charge in [-0.15, -0.1) is 0 Å². The van der Waals surface area contributed by atoms with Crippen LogP contribution in [0.3, 0.4) is 0 Å². The molecule has 1 unspecified atom stereocenters. The molecule has 0 saturated heterocycles. The number of nitrogens with two attached hydrogens (primary N) is 1. The van der Waals surface area contributed by atoms with Crippen LogP contribution in [0.2, 0.25) is 0 Å². The molecule has 0 radical (unpaired) electrons. The summed E-state index contributed by atoms with van der Waals surface area (Å²) in [6, 6.07) is 2.03. The molecule has 0 aliphatic heterocycles. The molecule has 6 nitrogen and oxygen atoms in total. The van der Waals surface area contributed by atoms with Crippen molar-refractivity contribution in [3.05, 3.63) is 64.2 Å². The summed E-state index contributed by atoms with van der Waals surface area (Å²) in [7, 11) is -4.76. The fraction of sp³-hybridized carbons (Fsp3) is 0.368. The average molecular weight is 466 g/mol. The average Bonchev–Trinajstić information content (AvgIpc) is 2.67. The number of pyridine rings is 1. The number of amides is 1. The van der Waals surface area contributed by atoms with Crippen molar-refractivity contribution in [1.82, 2.24) is 4.98 Å². The van der Waals surface area contributed by atoms with Crippen molar-refractivity contribution in [2.75, 3.05) is 12.4 Å². The van der Waals surface area contributed by atoms with E-state index in [4.69, 9.17) is 10.8 Å². The Labute approximate surface area is 174 Å². The van der Waals surface area contributed by atoms with Crippen LogP contribution in [0.5, 0.6) is 0 Å². The molecule has 1 atom stereocenters. The van der Waals surface area contributed by atoms with Crippen LogP contribution < -0.4 is 5.73 Å². The Balaban J connectivity index is 2.68. The summed E-state index contributed by atoms with van der Waals surface area (Å²) >= 11 is 0.